The van der Waals surface area contributed by atoms with Gasteiger partial charge < -0.3 is 15.4 Å². The number of aromatic nitrogens is 2. The van der Waals surface area contributed by atoms with Gasteiger partial charge in [-0.2, -0.15) is 0 Å². The summed E-state index contributed by atoms with van der Waals surface area (Å²) in [6, 6.07) is 1.83. The van der Waals surface area contributed by atoms with E-state index in [0.29, 0.717) is 15.4 Å². The molecule has 0 saturated carbocycles. The molecule has 1 amide bonds. The Morgan fingerprint density at radius 2 is 2.27 bits per heavy atom. The maximum Gasteiger partial charge on any atom is 0.305 e. The molecular weight excluding hydrogens is 326 g/mol. The molecule has 0 saturated heterocycles. The SMILES string of the molecule is CCc1cc2c(=O)[nH]c(SCC(=O)NCCC(=O)O)nc2s1. The van der Waals surface area contributed by atoms with E-state index in [1.54, 1.807) is 0 Å². The molecule has 2 rings (SSSR count). The highest BCUT2D eigenvalue weighted by atomic mass is 32.2. The highest BCUT2D eigenvalue weighted by molar-refractivity contribution is 7.99. The zero-order chi connectivity index (χ0) is 16.1. The molecule has 0 aliphatic rings. The molecule has 118 valence electrons. The van der Waals surface area contributed by atoms with Gasteiger partial charge in [-0.3, -0.25) is 14.4 Å². The van der Waals surface area contributed by atoms with E-state index in [2.05, 4.69) is 15.3 Å². The topological polar surface area (TPSA) is 112 Å². The van der Waals surface area contributed by atoms with Gasteiger partial charge in [0.25, 0.3) is 5.56 Å². The number of carboxylic acids is 1. The third-order valence-electron chi connectivity index (χ3n) is 2.78. The third kappa shape index (κ3) is 4.31. The van der Waals surface area contributed by atoms with Crippen molar-refractivity contribution < 1.29 is 14.7 Å². The fourth-order valence-corrected chi connectivity index (χ4v) is 3.41. The largest absolute Gasteiger partial charge is 0.481 e. The van der Waals surface area contributed by atoms with Crippen LogP contribution in [0, 0.1) is 0 Å². The Morgan fingerprint density at radius 3 is 2.95 bits per heavy atom. The van der Waals surface area contributed by atoms with Crippen LogP contribution < -0.4 is 10.9 Å². The van der Waals surface area contributed by atoms with Crippen molar-refractivity contribution in [2.75, 3.05) is 12.3 Å². The maximum atomic E-state index is 12.0. The molecule has 0 aromatic carbocycles. The standard InChI is InChI=1S/C13H15N3O4S2/c1-2-7-5-8-11(20)15-13(16-12(8)22-7)21-6-9(17)14-4-3-10(18)19/h5H,2-4,6H2,1H3,(H,14,17)(H,18,19)(H,15,16,20). The first kappa shape index (κ1) is 16.5. The Hall–Kier alpha value is -1.87. The first-order chi connectivity index (χ1) is 10.5. The summed E-state index contributed by atoms with van der Waals surface area (Å²) < 4.78 is 0. The molecule has 2 heterocycles. The number of carbonyl (C=O) groups excluding carboxylic acids is 1. The molecule has 0 aliphatic carbocycles. The predicted molar refractivity (Wildman–Crippen MR) is 85.6 cm³/mol. The quantitative estimate of drug-likeness (QED) is 0.516. The van der Waals surface area contributed by atoms with Gasteiger partial charge in [0, 0.05) is 11.4 Å². The summed E-state index contributed by atoms with van der Waals surface area (Å²) in [5, 5.41) is 11.9. The van der Waals surface area contributed by atoms with E-state index in [4.69, 9.17) is 5.11 Å². The van der Waals surface area contributed by atoms with Gasteiger partial charge in [0.2, 0.25) is 5.91 Å². The van der Waals surface area contributed by atoms with Crippen molar-refractivity contribution >= 4 is 45.2 Å². The van der Waals surface area contributed by atoms with Crippen LogP contribution in [0.5, 0.6) is 0 Å². The smallest absolute Gasteiger partial charge is 0.305 e. The van der Waals surface area contributed by atoms with Crippen LogP contribution in [-0.2, 0) is 16.0 Å². The average molecular weight is 341 g/mol. The Labute approximate surface area is 134 Å². The second kappa shape index (κ2) is 7.41. The first-order valence-corrected chi connectivity index (χ1v) is 8.44. The second-order valence-electron chi connectivity index (χ2n) is 4.44. The summed E-state index contributed by atoms with van der Waals surface area (Å²) in [6.45, 7) is 2.10. The van der Waals surface area contributed by atoms with Crippen LogP contribution in [0.2, 0.25) is 0 Å². The minimum Gasteiger partial charge on any atom is -0.481 e. The summed E-state index contributed by atoms with van der Waals surface area (Å²) in [5.41, 5.74) is -0.213. The summed E-state index contributed by atoms with van der Waals surface area (Å²) in [6.07, 6.45) is 0.724. The zero-order valence-corrected chi connectivity index (χ0v) is 13.5. The molecule has 2 aromatic heterocycles. The van der Waals surface area contributed by atoms with Crippen molar-refractivity contribution in [2.24, 2.45) is 0 Å². The lowest BCUT2D eigenvalue weighted by atomic mass is 10.3. The fraction of sp³-hybridized carbons (Fsp3) is 0.385. The molecule has 0 fully saturated rings. The number of hydrogen-bond acceptors (Lipinski definition) is 6. The molecule has 22 heavy (non-hydrogen) atoms. The normalized spacial score (nSPS) is 10.8. The molecule has 2 aromatic rings. The highest BCUT2D eigenvalue weighted by Gasteiger charge is 2.10. The lowest BCUT2D eigenvalue weighted by Crippen LogP contribution is -2.27. The van der Waals surface area contributed by atoms with Gasteiger partial charge in [0.15, 0.2) is 5.16 Å². The van der Waals surface area contributed by atoms with E-state index in [0.717, 1.165) is 23.1 Å². The Balaban J connectivity index is 1.98. The number of carboxylic acid groups (broad SMARTS) is 1. The number of H-pyrrole nitrogens is 1. The minimum atomic E-state index is -0.964. The number of hydrogen-bond donors (Lipinski definition) is 3. The van der Waals surface area contributed by atoms with Crippen LogP contribution in [0.15, 0.2) is 16.0 Å². The van der Waals surface area contributed by atoms with Crippen molar-refractivity contribution in [1.29, 1.82) is 0 Å². The van der Waals surface area contributed by atoms with Gasteiger partial charge >= 0.3 is 5.97 Å². The van der Waals surface area contributed by atoms with E-state index >= 15 is 0 Å². The van der Waals surface area contributed by atoms with Crippen molar-refractivity contribution in [1.82, 2.24) is 15.3 Å². The summed E-state index contributed by atoms with van der Waals surface area (Å²) in [7, 11) is 0. The van der Waals surface area contributed by atoms with E-state index < -0.39 is 5.97 Å². The van der Waals surface area contributed by atoms with Crippen LogP contribution >= 0.6 is 23.1 Å². The number of carbonyl (C=O) groups is 2. The number of fused-ring (bicyclic) bond motifs is 1. The van der Waals surface area contributed by atoms with Crippen LogP contribution in [0.1, 0.15) is 18.2 Å². The van der Waals surface area contributed by atoms with Crippen LogP contribution in [-0.4, -0.2) is 39.2 Å². The second-order valence-corrected chi connectivity index (χ2v) is 6.52. The van der Waals surface area contributed by atoms with E-state index in [9.17, 15) is 14.4 Å². The number of thiophene rings is 1. The molecule has 0 radical (unpaired) electrons. The Kier molecular flexibility index (Phi) is 5.56. The monoisotopic (exact) mass is 341 g/mol. The number of nitrogens with one attached hydrogen (secondary N) is 2. The molecule has 3 N–H and O–H groups in total. The molecular formula is C13H15N3O4S2. The molecule has 0 bridgehead atoms. The van der Waals surface area contributed by atoms with Gasteiger partial charge in [0.1, 0.15) is 4.83 Å². The van der Waals surface area contributed by atoms with Crippen LogP contribution in [0.4, 0.5) is 0 Å². The number of aryl methyl sites for hydroxylation is 1. The minimum absolute atomic E-state index is 0.0695. The lowest BCUT2D eigenvalue weighted by Gasteiger charge is -2.03. The van der Waals surface area contributed by atoms with Gasteiger partial charge in [-0.05, 0) is 12.5 Å². The molecule has 0 spiro atoms. The van der Waals surface area contributed by atoms with E-state index in [-0.39, 0.29) is 30.2 Å². The zero-order valence-electron chi connectivity index (χ0n) is 11.8. The van der Waals surface area contributed by atoms with Crippen molar-refractivity contribution in [3.05, 3.63) is 21.3 Å². The molecule has 7 nitrogen and oxygen atoms in total. The maximum absolute atomic E-state index is 12.0. The number of rotatable bonds is 7. The number of nitrogens with zero attached hydrogens (tertiary/aromatic N) is 1. The number of amides is 1. The first-order valence-electron chi connectivity index (χ1n) is 6.63. The molecule has 0 unspecified atom stereocenters. The molecule has 0 atom stereocenters. The molecule has 9 heteroatoms. The number of aromatic amines is 1. The Morgan fingerprint density at radius 1 is 1.50 bits per heavy atom. The molecule has 0 aliphatic heterocycles. The van der Waals surface area contributed by atoms with Crippen molar-refractivity contribution in [3.63, 3.8) is 0 Å². The number of aliphatic carboxylic acids is 1. The summed E-state index contributed by atoms with van der Waals surface area (Å²) in [5.74, 6) is -1.19. The summed E-state index contributed by atoms with van der Waals surface area (Å²) >= 11 is 2.58. The third-order valence-corrected chi connectivity index (χ3v) is 4.83. The fourth-order valence-electron chi connectivity index (χ4n) is 1.70. The highest BCUT2D eigenvalue weighted by Crippen LogP contribution is 2.23. The van der Waals surface area contributed by atoms with E-state index in [1.165, 1.54) is 11.3 Å². The van der Waals surface area contributed by atoms with E-state index in [1.807, 2.05) is 13.0 Å². The van der Waals surface area contributed by atoms with Gasteiger partial charge in [-0.1, -0.05) is 18.7 Å². The number of thioether (sulfide) groups is 1. The van der Waals surface area contributed by atoms with Crippen molar-refractivity contribution in [3.8, 4) is 0 Å². The average Bonchev–Trinajstić information content (AvgIpc) is 2.88. The van der Waals surface area contributed by atoms with Gasteiger partial charge in [-0.25, -0.2) is 4.98 Å². The van der Waals surface area contributed by atoms with Crippen LogP contribution in [0.25, 0.3) is 10.2 Å². The van der Waals surface area contributed by atoms with Gasteiger partial charge in [0.05, 0.1) is 17.6 Å². The Bertz CT molecular complexity index is 753. The van der Waals surface area contributed by atoms with Crippen molar-refractivity contribution in [2.45, 2.75) is 24.9 Å². The van der Waals surface area contributed by atoms with Crippen LogP contribution in [0.3, 0.4) is 0 Å². The predicted octanol–water partition coefficient (Wildman–Crippen LogP) is 1.23. The lowest BCUT2D eigenvalue weighted by molar-refractivity contribution is -0.136. The summed E-state index contributed by atoms with van der Waals surface area (Å²) in [4.78, 5) is 42.6. The van der Waals surface area contributed by atoms with Gasteiger partial charge in [-0.15, -0.1) is 11.3 Å².